The van der Waals surface area contributed by atoms with Gasteiger partial charge in [-0.25, -0.2) is 24.4 Å². The minimum Gasteiger partial charge on any atom is -0.465 e. The molecule has 1 amide bonds. The van der Waals surface area contributed by atoms with Crippen LogP contribution in [0.5, 0.6) is 0 Å². The summed E-state index contributed by atoms with van der Waals surface area (Å²) in [5.41, 5.74) is -1.25. The van der Waals surface area contributed by atoms with Gasteiger partial charge in [0.2, 0.25) is 5.95 Å². The van der Waals surface area contributed by atoms with Gasteiger partial charge in [0, 0.05) is 37.3 Å². The van der Waals surface area contributed by atoms with Gasteiger partial charge in [0.15, 0.2) is 11.9 Å². The summed E-state index contributed by atoms with van der Waals surface area (Å²) >= 11 is 0. The highest BCUT2D eigenvalue weighted by molar-refractivity contribution is 5.91. The Morgan fingerprint density at radius 1 is 1.19 bits per heavy atom. The molecule has 0 saturated carbocycles. The molecule has 2 saturated heterocycles. The fraction of sp³-hybridized carbons (Fsp3) is 0.478. The van der Waals surface area contributed by atoms with Gasteiger partial charge in [-0.1, -0.05) is 0 Å². The molecular weight excluding hydrogens is 493 g/mol. The third kappa shape index (κ3) is 4.99. The van der Waals surface area contributed by atoms with Crippen LogP contribution in [0.3, 0.4) is 0 Å². The molecule has 2 fully saturated rings. The number of rotatable bonds is 4. The lowest BCUT2D eigenvalue weighted by atomic mass is 10.1. The number of nitrogens with zero attached hydrogens (tertiary/aromatic N) is 7. The highest BCUT2D eigenvalue weighted by Crippen LogP contribution is 2.39. The van der Waals surface area contributed by atoms with Crippen LogP contribution in [0.25, 0.3) is 22.4 Å². The van der Waals surface area contributed by atoms with Crippen LogP contribution < -0.4 is 5.32 Å². The topological polar surface area (TPSA) is 142 Å². The van der Waals surface area contributed by atoms with E-state index in [2.05, 4.69) is 25.4 Å². The Balaban J connectivity index is 1.60. The molecule has 2 aliphatic rings. The van der Waals surface area contributed by atoms with Gasteiger partial charge in [0.25, 0.3) is 0 Å². The number of anilines is 1. The van der Waals surface area contributed by atoms with Gasteiger partial charge in [0.05, 0.1) is 0 Å². The lowest BCUT2D eigenvalue weighted by Gasteiger charge is -2.31. The van der Waals surface area contributed by atoms with E-state index in [1.165, 1.54) is 21.7 Å². The van der Waals surface area contributed by atoms with E-state index < -0.39 is 29.8 Å². The molecular formula is C23H23F3N8O3. The van der Waals surface area contributed by atoms with E-state index in [9.17, 15) is 28.3 Å². The molecule has 1 unspecified atom stereocenters. The second kappa shape index (κ2) is 9.81. The maximum absolute atomic E-state index is 14.1. The average Bonchev–Trinajstić information content (AvgIpc) is 3.27. The van der Waals surface area contributed by atoms with Crippen molar-refractivity contribution < 1.29 is 27.8 Å². The van der Waals surface area contributed by atoms with Crippen molar-refractivity contribution >= 4 is 23.1 Å². The van der Waals surface area contributed by atoms with Crippen molar-refractivity contribution in [1.82, 2.24) is 29.6 Å². The highest BCUT2D eigenvalue weighted by atomic mass is 19.4. The van der Waals surface area contributed by atoms with Gasteiger partial charge < -0.3 is 20.1 Å². The Labute approximate surface area is 208 Å². The van der Waals surface area contributed by atoms with Gasteiger partial charge in [-0.05, 0) is 44.2 Å². The summed E-state index contributed by atoms with van der Waals surface area (Å²) in [5.74, 6) is -0.0709. The number of hydrogen-bond donors (Lipinski definition) is 2. The maximum atomic E-state index is 14.1. The molecule has 2 N–H and O–H groups in total. The summed E-state index contributed by atoms with van der Waals surface area (Å²) < 4.78 is 49.4. The number of piperidine rings is 1. The highest BCUT2D eigenvalue weighted by Gasteiger charge is 2.37. The van der Waals surface area contributed by atoms with Gasteiger partial charge in [-0.3, -0.25) is 0 Å². The quantitative estimate of drug-likeness (QED) is 0.525. The van der Waals surface area contributed by atoms with Crippen molar-refractivity contribution in [2.45, 2.75) is 50.6 Å². The van der Waals surface area contributed by atoms with E-state index in [-0.39, 0.29) is 41.0 Å². The van der Waals surface area contributed by atoms with Crippen LogP contribution in [0, 0.1) is 11.3 Å². The summed E-state index contributed by atoms with van der Waals surface area (Å²) in [7, 11) is 0. The third-order valence-corrected chi connectivity index (χ3v) is 6.44. The smallest absolute Gasteiger partial charge is 0.420 e. The van der Waals surface area contributed by atoms with Crippen LogP contribution in [0.2, 0.25) is 0 Å². The van der Waals surface area contributed by atoms with Gasteiger partial charge in [-0.2, -0.15) is 23.5 Å². The molecule has 3 aromatic rings. The third-order valence-electron chi connectivity index (χ3n) is 6.44. The van der Waals surface area contributed by atoms with E-state index in [1.54, 1.807) is 0 Å². The van der Waals surface area contributed by atoms with Crippen LogP contribution in [0.15, 0.2) is 18.3 Å². The first kappa shape index (κ1) is 24.7. The van der Waals surface area contributed by atoms with Crippen LogP contribution >= 0.6 is 0 Å². The van der Waals surface area contributed by atoms with Gasteiger partial charge in [0.1, 0.15) is 28.7 Å². The van der Waals surface area contributed by atoms with Crippen molar-refractivity contribution in [2.75, 3.05) is 25.0 Å². The minimum absolute atomic E-state index is 0.0604. The van der Waals surface area contributed by atoms with Crippen LogP contribution in [-0.2, 0) is 10.9 Å². The largest absolute Gasteiger partial charge is 0.465 e. The zero-order valence-electron chi connectivity index (χ0n) is 19.6. The number of halogens is 3. The van der Waals surface area contributed by atoms with Crippen LogP contribution in [-0.4, -0.2) is 66.6 Å². The Kier molecular flexibility index (Phi) is 6.55. The number of pyridine rings is 1. The number of amides is 1. The average molecular weight is 516 g/mol. The Hall–Kier alpha value is -3.99. The first-order valence-electron chi connectivity index (χ1n) is 11.8. The molecule has 5 heterocycles. The minimum atomic E-state index is -4.77. The zero-order valence-corrected chi connectivity index (χ0v) is 19.6. The molecule has 194 valence electrons. The lowest BCUT2D eigenvalue weighted by Crippen LogP contribution is -2.44. The molecule has 5 rings (SSSR count). The Bertz CT molecular complexity index is 1360. The molecule has 37 heavy (non-hydrogen) atoms. The van der Waals surface area contributed by atoms with Crippen molar-refractivity contribution in [3.05, 3.63) is 29.6 Å². The summed E-state index contributed by atoms with van der Waals surface area (Å²) in [5, 5.41) is 26.4. The predicted octanol–water partition coefficient (Wildman–Crippen LogP) is 4.03. The normalized spacial score (nSPS) is 20.5. The van der Waals surface area contributed by atoms with Crippen LogP contribution in [0.1, 0.15) is 49.6 Å². The van der Waals surface area contributed by atoms with E-state index in [1.807, 2.05) is 6.07 Å². The standard InChI is InChI=1S/C23H23F3N8O3/c24-23(25,26)16-11-28-21(30-14-4-3-8-33(12-14)22(35)36)31-19(16)18-15-7-6-13(10-27)29-20(15)34(32-18)17-5-1-2-9-37-17/h6-7,11,14,17H,1-5,8-9,12H2,(H,35,36)(H,28,30,31)/t14-,17?/m0/s1. The number of carbonyl (C=O) groups is 1. The fourth-order valence-electron chi connectivity index (χ4n) is 4.66. The number of alkyl halides is 3. The molecule has 2 atom stereocenters. The molecule has 0 aromatic carbocycles. The van der Waals surface area contributed by atoms with Crippen molar-refractivity contribution in [1.29, 1.82) is 5.26 Å². The van der Waals surface area contributed by atoms with Crippen molar-refractivity contribution in [3.8, 4) is 17.5 Å². The number of carboxylic acid groups (broad SMARTS) is 1. The number of ether oxygens (including phenoxy) is 1. The van der Waals surface area contributed by atoms with E-state index >= 15 is 0 Å². The molecule has 11 nitrogen and oxygen atoms in total. The summed E-state index contributed by atoms with van der Waals surface area (Å²) in [6.07, 6.45) is -2.16. The van der Waals surface area contributed by atoms with Crippen molar-refractivity contribution in [3.63, 3.8) is 0 Å². The van der Waals surface area contributed by atoms with E-state index in [0.717, 1.165) is 12.8 Å². The second-order valence-electron chi connectivity index (χ2n) is 8.96. The molecule has 0 radical (unpaired) electrons. The number of likely N-dealkylation sites (tertiary alicyclic amines) is 1. The SMILES string of the molecule is N#Cc1ccc2c(-c3nc(N[C@H]4CCCN(C(=O)O)C4)ncc3C(F)(F)F)nn(C3CCCCO3)c2n1. The molecule has 0 bridgehead atoms. The number of hydrogen-bond acceptors (Lipinski definition) is 8. The predicted molar refractivity (Wildman–Crippen MR) is 123 cm³/mol. The number of aromatic nitrogens is 5. The molecule has 0 aliphatic carbocycles. The monoisotopic (exact) mass is 516 g/mol. The lowest BCUT2D eigenvalue weighted by molar-refractivity contribution is -0.137. The fourth-order valence-corrected chi connectivity index (χ4v) is 4.66. The van der Waals surface area contributed by atoms with Crippen LogP contribution in [0.4, 0.5) is 23.9 Å². The van der Waals surface area contributed by atoms with Gasteiger partial charge >= 0.3 is 12.3 Å². The first-order chi connectivity index (χ1) is 17.7. The van der Waals surface area contributed by atoms with E-state index in [4.69, 9.17) is 4.74 Å². The molecule has 3 aromatic heterocycles. The van der Waals surface area contributed by atoms with Crippen molar-refractivity contribution in [2.24, 2.45) is 0 Å². The molecule has 14 heteroatoms. The molecule has 0 spiro atoms. The summed E-state index contributed by atoms with van der Waals surface area (Å²) in [6, 6.07) is 4.50. The van der Waals surface area contributed by atoms with E-state index in [0.29, 0.717) is 38.6 Å². The summed E-state index contributed by atoms with van der Waals surface area (Å²) in [4.78, 5) is 25.0. The number of fused-ring (bicyclic) bond motifs is 1. The van der Waals surface area contributed by atoms with Gasteiger partial charge in [-0.15, -0.1) is 0 Å². The second-order valence-corrected chi connectivity index (χ2v) is 8.96. The number of nitrogens with one attached hydrogen (secondary N) is 1. The number of nitriles is 1. The maximum Gasteiger partial charge on any atom is 0.420 e. The Morgan fingerprint density at radius 3 is 2.73 bits per heavy atom. The first-order valence-corrected chi connectivity index (χ1v) is 11.8. The molecule has 2 aliphatic heterocycles. The summed E-state index contributed by atoms with van der Waals surface area (Å²) in [6.45, 7) is 1.02. The Morgan fingerprint density at radius 2 is 2.03 bits per heavy atom. The zero-order chi connectivity index (χ0) is 26.2.